The van der Waals surface area contributed by atoms with Crippen LogP contribution in [-0.2, 0) is 10.0 Å². The highest BCUT2D eigenvalue weighted by Gasteiger charge is 2.25. The van der Waals surface area contributed by atoms with E-state index in [4.69, 9.17) is 16.3 Å². The number of piperidine rings is 1. The summed E-state index contributed by atoms with van der Waals surface area (Å²) in [5.74, 6) is 0.640. The van der Waals surface area contributed by atoms with Gasteiger partial charge in [0.1, 0.15) is 5.75 Å². The van der Waals surface area contributed by atoms with E-state index >= 15 is 0 Å². The van der Waals surface area contributed by atoms with Crippen molar-refractivity contribution in [3.63, 3.8) is 0 Å². The van der Waals surface area contributed by atoms with Crippen LogP contribution in [0.3, 0.4) is 0 Å². The van der Waals surface area contributed by atoms with Crippen molar-refractivity contribution in [2.75, 3.05) is 31.8 Å². The highest BCUT2D eigenvalue weighted by molar-refractivity contribution is 7.88. The maximum atomic E-state index is 11.8. The van der Waals surface area contributed by atoms with Gasteiger partial charge in [-0.15, -0.1) is 0 Å². The number of hydrogen-bond acceptors (Lipinski definition) is 5. The Balaban J connectivity index is 1.65. The zero-order valence-electron chi connectivity index (χ0n) is 16.9. The van der Waals surface area contributed by atoms with Gasteiger partial charge in [0.15, 0.2) is 0 Å². The number of hydrogen-bond donors (Lipinski definition) is 1. The molecule has 1 aliphatic rings. The molecule has 8 heteroatoms. The highest BCUT2D eigenvalue weighted by Crippen LogP contribution is 2.35. The SMILES string of the molecule is COc1ccc(-c2cc(NC3CCN(S(C)(=O)=O)CC3)c3cnccc3c2)cc1Cl. The Morgan fingerprint density at radius 1 is 1.13 bits per heavy atom. The van der Waals surface area contributed by atoms with Crippen LogP contribution in [-0.4, -0.2) is 50.2 Å². The number of pyridine rings is 1. The summed E-state index contributed by atoms with van der Waals surface area (Å²) in [6.07, 6.45) is 6.42. The summed E-state index contributed by atoms with van der Waals surface area (Å²) < 4.78 is 30.4. The maximum Gasteiger partial charge on any atom is 0.211 e. The molecule has 0 amide bonds. The first-order valence-corrected chi connectivity index (χ1v) is 12.0. The first kappa shape index (κ1) is 20.9. The number of nitrogens with one attached hydrogen (secondary N) is 1. The summed E-state index contributed by atoms with van der Waals surface area (Å²) in [4.78, 5) is 4.28. The monoisotopic (exact) mass is 445 g/mol. The summed E-state index contributed by atoms with van der Waals surface area (Å²) in [5.41, 5.74) is 3.02. The van der Waals surface area contributed by atoms with Crippen molar-refractivity contribution >= 4 is 38.1 Å². The van der Waals surface area contributed by atoms with Crippen LogP contribution in [0.2, 0.25) is 5.02 Å². The van der Waals surface area contributed by atoms with Crippen molar-refractivity contribution < 1.29 is 13.2 Å². The van der Waals surface area contributed by atoms with Crippen LogP contribution in [0.4, 0.5) is 5.69 Å². The Labute approximate surface area is 181 Å². The molecule has 1 saturated heterocycles. The lowest BCUT2D eigenvalue weighted by Gasteiger charge is -2.31. The van der Waals surface area contributed by atoms with Gasteiger partial charge in [0.2, 0.25) is 10.0 Å². The number of fused-ring (bicyclic) bond motifs is 1. The van der Waals surface area contributed by atoms with Crippen LogP contribution in [0.5, 0.6) is 5.75 Å². The molecule has 0 aliphatic carbocycles. The molecule has 4 rings (SSSR count). The molecule has 30 heavy (non-hydrogen) atoms. The molecule has 1 aliphatic heterocycles. The summed E-state index contributed by atoms with van der Waals surface area (Å²) in [6.45, 7) is 1.06. The van der Waals surface area contributed by atoms with Crippen molar-refractivity contribution in [1.82, 2.24) is 9.29 Å². The standard InChI is InChI=1S/C22H24ClN3O3S/c1-29-22-4-3-15(12-20(22)23)17-11-16-5-8-24-14-19(16)21(13-17)25-18-6-9-26(10-7-18)30(2,27)28/h3-5,8,11-14,18,25H,6-7,9-10H2,1-2H3. The molecular weight excluding hydrogens is 422 g/mol. The quantitative estimate of drug-likeness (QED) is 0.630. The number of aromatic nitrogens is 1. The van der Waals surface area contributed by atoms with Crippen molar-refractivity contribution in [1.29, 1.82) is 0 Å². The molecule has 1 N–H and O–H groups in total. The lowest BCUT2D eigenvalue weighted by atomic mass is 9.99. The van der Waals surface area contributed by atoms with E-state index in [1.54, 1.807) is 17.6 Å². The number of benzene rings is 2. The fourth-order valence-corrected chi connectivity index (χ4v) is 5.01. The fraction of sp³-hybridized carbons (Fsp3) is 0.318. The summed E-state index contributed by atoms with van der Waals surface area (Å²) in [7, 11) is -1.54. The molecule has 0 unspecified atom stereocenters. The van der Waals surface area contributed by atoms with Crippen LogP contribution >= 0.6 is 11.6 Å². The first-order chi connectivity index (χ1) is 14.3. The lowest BCUT2D eigenvalue weighted by molar-refractivity contribution is 0.332. The van der Waals surface area contributed by atoms with Gasteiger partial charge in [-0.05, 0) is 59.7 Å². The number of anilines is 1. The molecule has 1 aromatic heterocycles. The third-order valence-electron chi connectivity index (χ3n) is 5.52. The Hall–Kier alpha value is -2.35. The molecule has 0 bridgehead atoms. The lowest BCUT2D eigenvalue weighted by Crippen LogP contribution is -2.41. The largest absolute Gasteiger partial charge is 0.495 e. The van der Waals surface area contributed by atoms with Gasteiger partial charge in [-0.25, -0.2) is 12.7 Å². The number of rotatable bonds is 5. The summed E-state index contributed by atoms with van der Waals surface area (Å²) >= 11 is 6.34. The predicted molar refractivity (Wildman–Crippen MR) is 122 cm³/mol. The minimum absolute atomic E-state index is 0.195. The molecule has 3 aromatic rings. The van der Waals surface area contributed by atoms with Crippen molar-refractivity contribution in [2.45, 2.75) is 18.9 Å². The predicted octanol–water partition coefficient (Wildman–Crippen LogP) is 4.40. The van der Waals surface area contributed by atoms with Gasteiger partial charge >= 0.3 is 0 Å². The van der Waals surface area contributed by atoms with Gasteiger partial charge in [0.25, 0.3) is 0 Å². The van der Waals surface area contributed by atoms with Crippen molar-refractivity contribution in [2.24, 2.45) is 0 Å². The molecule has 6 nitrogen and oxygen atoms in total. The third-order valence-corrected chi connectivity index (χ3v) is 7.12. The van der Waals surface area contributed by atoms with Gasteiger partial charge in [0.05, 0.1) is 18.4 Å². The van der Waals surface area contributed by atoms with Gasteiger partial charge in [-0.3, -0.25) is 4.98 Å². The van der Waals surface area contributed by atoms with Gasteiger partial charge < -0.3 is 10.1 Å². The van der Waals surface area contributed by atoms with E-state index in [0.29, 0.717) is 23.9 Å². The fourth-order valence-electron chi connectivity index (χ4n) is 3.88. The normalized spacial score (nSPS) is 16.0. The second kappa shape index (κ2) is 8.41. The topological polar surface area (TPSA) is 71.5 Å². The zero-order valence-corrected chi connectivity index (χ0v) is 18.5. The molecule has 0 atom stereocenters. The van der Waals surface area contributed by atoms with Gasteiger partial charge in [0, 0.05) is 42.6 Å². The van der Waals surface area contributed by atoms with Gasteiger partial charge in [-0.2, -0.15) is 0 Å². The molecule has 1 fully saturated rings. The molecular formula is C22H24ClN3O3S. The molecule has 2 heterocycles. The van der Waals surface area contributed by atoms with Crippen LogP contribution in [0.1, 0.15) is 12.8 Å². The Morgan fingerprint density at radius 3 is 2.57 bits per heavy atom. The molecule has 0 saturated carbocycles. The molecule has 158 valence electrons. The maximum absolute atomic E-state index is 11.8. The Kier molecular flexibility index (Phi) is 5.86. The molecule has 0 radical (unpaired) electrons. The first-order valence-electron chi connectivity index (χ1n) is 9.78. The molecule has 0 spiro atoms. The average molecular weight is 446 g/mol. The van der Waals surface area contributed by atoms with E-state index in [-0.39, 0.29) is 6.04 Å². The van der Waals surface area contributed by atoms with Gasteiger partial charge in [-0.1, -0.05) is 17.7 Å². The van der Waals surface area contributed by atoms with Crippen LogP contribution in [0, 0.1) is 0 Å². The minimum Gasteiger partial charge on any atom is -0.495 e. The average Bonchev–Trinajstić information content (AvgIpc) is 2.73. The second-order valence-electron chi connectivity index (χ2n) is 7.55. The highest BCUT2D eigenvalue weighted by atomic mass is 35.5. The van der Waals surface area contributed by atoms with E-state index in [2.05, 4.69) is 22.4 Å². The van der Waals surface area contributed by atoms with Crippen LogP contribution in [0.15, 0.2) is 48.8 Å². The second-order valence-corrected chi connectivity index (χ2v) is 9.94. The Morgan fingerprint density at radius 2 is 1.90 bits per heavy atom. The third kappa shape index (κ3) is 4.38. The number of methoxy groups -OCH3 is 1. The number of nitrogens with zero attached hydrogens (tertiary/aromatic N) is 2. The summed E-state index contributed by atoms with van der Waals surface area (Å²) in [5, 5.41) is 6.29. The number of sulfonamides is 1. The zero-order chi connectivity index (χ0) is 21.3. The van der Waals surface area contributed by atoms with E-state index in [9.17, 15) is 8.42 Å². The number of halogens is 1. The smallest absolute Gasteiger partial charge is 0.211 e. The van der Waals surface area contributed by atoms with Crippen molar-refractivity contribution in [3.05, 3.63) is 53.8 Å². The Bertz CT molecular complexity index is 1180. The molecule has 2 aromatic carbocycles. The van der Waals surface area contributed by atoms with E-state index in [0.717, 1.165) is 40.4 Å². The van der Waals surface area contributed by atoms with Crippen molar-refractivity contribution in [3.8, 4) is 16.9 Å². The van der Waals surface area contributed by atoms with Crippen LogP contribution < -0.4 is 10.1 Å². The van der Waals surface area contributed by atoms with Crippen LogP contribution in [0.25, 0.3) is 21.9 Å². The van der Waals surface area contributed by atoms with E-state index < -0.39 is 10.0 Å². The number of ether oxygens (including phenoxy) is 1. The van der Waals surface area contributed by atoms with E-state index in [1.807, 2.05) is 30.5 Å². The minimum atomic E-state index is -3.14. The summed E-state index contributed by atoms with van der Waals surface area (Å²) in [6, 6.07) is 12.2. The van der Waals surface area contributed by atoms with E-state index in [1.165, 1.54) is 6.26 Å².